The standard InChI is InChI=1S/C13H24N4O2/c1-5-14-10-7-11(15-9-13(3,4)18)17-12(16-10)8-19-6-2/h7,18H,5-6,8-9H2,1-4H3,(H2,14,15,16,17). The second-order valence-corrected chi connectivity index (χ2v) is 4.89. The highest BCUT2D eigenvalue weighted by atomic mass is 16.5. The number of hydrogen-bond donors (Lipinski definition) is 3. The highest BCUT2D eigenvalue weighted by Crippen LogP contribution is 2.13. The summed E-state index contributed by atoms with van der Waals surface area (Å²) < 4.78 is 5.32. The van der Waals surface area contributed by atoms with Crippen LogP contribution in [0.25, 0.3) is 0 Å². The molecule has 1 aromatic heterocycles. The van der Waals surface area contributed by atoms with Gasteiger partial charge < -0.3 is 20.5 Å². The first-order valence-corrected chi connectivity index (χ1v) is 6.60. The molecular weight excluding hydrogens is 244 g/mol. The molecule has 0 atom stereocenters. The van der Waals surface area contributed by atoms with Crippen molar-refractivity contribution in [1.82, 2.24) is 9.97 Å². The van der Waals surface area contributed by atoms with Gasteiger partial charge in [0.05, 0.1) is 5.60 Å². The molecule has 0 aliphatic carbocycles. The van der Waals surface area contributed by atoms with Crippen LogP contribution in [0.1, 0.15) is 33.5 Å². The fourth-order valence-corrected chi connectivity index (χ4v) is 1.42. The summed E-state index contributed by atoms with van der Waals surface area (Å²) in [7, 11) is 0. The van der Waals surface area contributed by atoms with Crippen LogP contribution in [-0.2, 0) is 11.3 Å². The van der Waals surface area contributed by atoms with Crippen LogP contribution in [-0.4, -0.2) is 40.4 Å². The molecule has 0 unspecified atom stereocenters. The first-order chi connectivity index (χ1) is 8.94. The lowest BCUT2D eigenvalue weighted by atomic mass is 10.1. The second-order valence-electron chi connectivity index (χ2n) is 4.89. The molecule has 0 bridgehead atoms. The van der Waals surface area contributed by atoms with Gasteiger partial charge in [0.15, 0.2) is 5.82 Å². The number of ether oxygens (including phenoxy) is 1. The molecule has 1 rings (SSSR count). The Balaban J connectivity index is 2.79. The fraction of sp³-hybridized carbons (Fsp3) is 0.692. The van der Waals surface area contributed by atoms with Gasteiger partial charge in [0.2, 0.25) is 0 Å². The van der Waals surface area contributed by atoms with E-state index in [1.807, 2.05) is 19.9 Å². The zero-order valence-corrected chi connectivity index (χ0v) is 12.2. The quantitative estimate of drug-likeness (QED) is 0.665. The van der Waals surface area contributed by atoms with Crippen LogP contribution in [0.15, 0.2) is 6.07 Å². The van der Waals surface area contributed by atoms with Gasteiger partial charge >= 0.3 is 0 Å². The third kappa shape index (κ3) is 6.35. The van der Waals surface area contributed by atoms with Crippen molar-refractivity contribution in [3.63, 3.8) is 0 Å². The summed E-state index contributed by atoms with van der Waals surface area (Å²) >= 11 is 0. The summed E-state index contributed by atoms with van der Waals surface area (Å²) in [6.07, 6.45) is 0. The summed E-state index contributed by atoms with van der Waals surface area (Å²) in [5, 5.41) is 16.0. The van der Waals surface area contributed by atoms with Crippen molar-refractivity contribution in [3.05, 3.63) is 11.9 Å². The highest BCUT2D eigenvalue weighted by molar-refractivity contribution is 5.47. The molecule has 0 spiro atoms. The molecular formula is C13H24N4O2. The van der Waals surface area contributed by atoms with Crippen LogP contribution in [0.3, 0.4) is 0 Å². The normalized spacial score (nSPS) is 11.4. The molecule has 0 radical (unpaired) electrons. The molecule has 0 aromatic carbocycles. The third-order valence-corrected chi connectivity index (χ3v) is 2.27. The Morgan fingerprint density at radius 3 is 2.37 bits per heavy atom. The van der Waals surface area contributed by atoms with Gasteiger partial charge in [0, 0.05) is 25.8 Å². The predicted octanol–water partition coefficient (Wildman–Crippen LogP) is 1.63. The molecule has 3 N–H and O–H groups in total. The largest absolute Gasteiger partial charge is 0.389 e. The average molecular weight is 268 g/mol. The van der Waals surface area contributed by atoms with Crippen molar-refractivity contribution < 1.29 is 9.84 Å². The molecule has 0 saturated heterocycles. The van der Waals surface area contributed by atoms with Crippen molar-refractivity contribution in [3.8, 4) is 0 Å². The zero-order valence-electron chi connectivity index (χ0n) is 12.2. The summed E-state index contributed by atoms with van der Waals surface area (Å²) in [6, 6.07) is 1.82. The minimum absolute atomic E-state index is 0.382. The van der Waals surface area contributed by atoms with Crippen molar-refractivity contribution in [2.24, 2.45) is 0 Å². The first kappa shape index (κ1) is 15.7. The smallest absolute Gasteiger partial charge is 0.158 e. The van der Waals surface area contributed by atoms with Gasteiger partial charge in [-0.25, -0.2) is 9.97 Å². The van der Waals surface area contributed by atoms with Gasteiger partial charge in [0.1, 0.15) is 18.2 Å². The van der Waals surface area contributed by atoms with E-state index < -0.39 is 5.60 Å². The Morgan fingerprint density at radius 2 is 1.84 bits per heavy atom. The Bertz CT molecular complexity index is 391. The van der Waals surface area contributed by atoms with Crippen LogP contribution >= 0.6 is 0 Å². The van der Waals surface area contributed by atoms with Gasteiger partial charge in [0.25, 0.3) is 0 Å². The number of nitrogens with one attached hydrogen (secondary N) is 2. The molecule has 0 aliphatic heterocycles. The van der Waals surface area contributed by atoms with Crippen molar-refractivity contribution in [2.45, 2.75) is 39.9 Å². The molecule has 19 heavy (non-hydrogen) atoms. The fourth-order valence-electron chi connectivity index (χ4n) is 1.42. The zero-order chi connectivity index (χ0) is 14.3. The van der Waals surface area contributed by atoms with E-state index in [1.165, 1.54) is 0 Å². The minimum Gasteiger partial charge on any atom is -0.389 e. The third-order valence-electron chi connectivity index (χ3n) is 2.27. The maximum absolute atomic E-state index is 9.72. The SMILES string of the molecule is CCNc1cc(NCC(C)(C)O)nc(COCC)n1. The monoisotopic (exact) mass is 268 g/mol. The molecule has 1 aromatic rings. The molecule has 0 saturated carbocycles. The lowest BCUT2D eigenvalue weighted by Crippen LogP contribution is -2.29. The summed E-state index contributed by atoms with van der Waals surface area (Å²) in [4.78, 5) is 8.71. The summed E-state index contributed by atoms with van der Waals surface area (Å²) in [6.45, 7) is 9.64. The first-order valence-electron chi connectivity index (χ1n) is 6.60. The van der Waals surface area contributed by atoms with E-state index in [9.17, 15) is 5.11 Å². The maximum Gasteiger partial charge on any atom is 0.158 e. The van der Waals surface area contributed by atoms with Crippen molar-refractivity contribution in [2.75, 3.05) is 30.3 Å². The van der Waals surface area contributed by atoms with E-state index in [2.05, 4.69) is 20.6 Å². The highest BCUT2D eigenvalue weighted by Gasteiger charge is 2.13. The van der Waals surface area contributed by atoms with Crippen LogP contribution in [0.5, 0.6) is 0 Å². The summed E-state index contributed by atoms with van der Waals surface area (Å²) in [5.41, 5.74) is -0.788. The van der Waals surface area contributed by atoms with E-state index in [1.54, 1.807) is 13.8 Å². The van der Waals surface area contributed by atoms with E-state index in [0.29, 0.717) is 31.4 Å². The predicted molar refractivity (Wildman–Crippen MR) is 76.3 cm³/mol. The molecule has 108 valence electrons. The number of aliphatic hydroxyl groups is 1. The Labute approximate surface area is 114 Å². The van der Waals surface area contributed by atoms with Crippen LogP contribution in [0.2, 0.25) is 0 Å². The number of nitrogens with zero attached hydrogens (tertiary/aromatic N) is 2. The average Bonchev–Trinajstić information content (AvgIpc) is 2.33. The van der Waals surface area contributed by atoms with Gasteiger partial charge in [-0.3, -0.25) is 0 Å². The maximum atomic E-state index is 9.72. The van der Waals surface area contributed by atoms with Crippen LogP contribution in [0, 0.1) is 0 Å². The number of hydrogen-bond acceptors (Lipinski definition) is 6. The Kier molecular flexibility index (Phi) is 5.98. The van der Waals surface area contributed by atoms with Crippen LogP contribution in [0.4, 0.5) is 11.6 Å². The Morgan fingerprint density at radius 1 is 1.21 bits per heavy atom. The second kappa shape index (κ2) is 7.25. The lowest BCUT2D eigenvalue weighted by Gasteiger charge is -2.18. The van der Waals surface area contributed by atoms with E-state index >= 15 is 0 Å². The molecule has 0 amide bonds. The van der Waals surface area contributed by atoms with E-state index in [-0.39, 0.29) is 0 Å². The number of aromatic nitrogens is 2. The molecule has 1 heterocycles. The molecule has 6 heteroatoms. The Hall–Kier alpha value is -1.40. The van der Waals surface area contributed by atoms with E-state index in [0.717, 1.165) is 12.4 Å². The lowest BCUT2D eigenvalue weighted by molar-refractivity contribution is 0.0944. The number of rotatable bonds is 8. The van der Waals surface area contributed by atoms with E-state index in [4.69, 9.17) is 4.74 Å². The van der Waals surface area contributed by atoms with Crippen molar-refractivity contribution in [1.29, 1.82) is 0 Å². The van der Waals surface area contributed by atoms with Gasteiger partial charge in [-0.2, -0.15) is 0 Å². The topological polar surface area (TPSA) is 79.3 Å². The molecule has 0 fully saturated rings. The summed E-state index contributed by atoms with van der Waals surface area (Å²) in [5.74, 6) is 2.06. The minimum atomic E-state index is -0.788. The van der Waals surface area contributed by atoms with Gasteiger partial charge in [-0.1, -0.05) is 0 Å². The molecule has 6 nitrogen and oxygen atoms in total. The van der Waals surface area contributed by atoms with Crippen LogP contribution < -0.4 is 10.6 Å². The number of anilines is 2. The van der Waals surface area contributed by atoms with Crippen molar-refractivity contribution >= 4 is 11.6 Å². The van der Waals surface area contributed by atoms with Gasteiger partial charge in [-0.05, 0) is 27.7 Å². The van der Waals surface area contributed by atoms with Gasteiger partial charge in [-0.15, -0.1) is 0 Å². The molecule has 0 aliphatic rings.